The Labute approximate surface area is 117 Å². The minimum atomic E-state index is -0.512. The number of halogens is 1. The highest BCUT2D eigenvalue weighted by atomic mass is 35.5. The molecule has 0 amide bonds. The van der Waals surface area contributed by atoms with Crippen LogP contribution in [0.2, 0.25) is 5.02 Å². The van der Waals surface area contributed by atoms with Crippen LogP contribution in [0, 0.1) is 10.1 Å². The number of nitrogens with zero attached hydrogens (tertiary/aromatic N) is 1. The number of nitrogens with one attached hydrogen (secondary N) is 2. The molecule has 0 aliphatic carbocycles. The van der Waals surface area contributed by atoms with Crippen molar-refractivity contribution in [1.29, 1.82) is 0 Å². The molecule has 2 rings (SSSR count). The topological polar surface area (TPSA) is 88.0 Å². The molecule has 1 heterocycles. The molecule has 0 unspecified atom stereocenters. The quantitative estimate of drug-likeness (QED) is 0.655. The van der Waals surface area contributed by atoms with Gasteiger partial charge in [0.05, 0.1) is 4.92 Å². The number of nitro groups is 1. The Morgan fingerprint density at radius 3 is 2.84 bits per heavy atom. The van der Waals surface area contributed by atoms with Gasteiger partial charge in [-0.2, -0.15) is 0 Å². The fraction of sp³-hybridized carbons (Fsp3) is 0.182. The maximum atomic E-state index is 10.9. The Bertz CT molecular complexity index is 653. The molecule has 0 bridgehead atoms. The molecule has 0 saturated heterocycles. The van der Waals surface area contributed by atoms with Crippen molar-refractivity contribution < 1.29 is 4.92 Å². The number of rotatable bonds is 5. The first kappa shape index (κ1) is 13.7. The van der Waals surface area contributed by atoms with Gasteiger partial charge in [-0.25, -0.2) is 0 Å². The van der Waals surface area contributed by atoms with E-state index in [1.165, 1.54) is 12.1 Å². The summed E-state index contributed by atoms with van der Waals surface area (Å²) in [5.41, 5.74) is 1.44. The highest BCUT2D eigenvalue weighted by Crippen LogP contribution is 2.24. The average molecular weight is 300 g/mol. The van der Waals surface area contributed by atoms with Crippen LogP contribution in [0.5, 0.6) is 0 Å². The summed E-state index contributed by atoms with van der Waals surface area (Å²) in [7, 11) is 0. The standard InChI is InChI=1S/C11H10ClN3O3S/c12-9-2-1-7(3-10(9)15(17)18)4-13-5-8-6-19-11(16)14-8/h1-3,6,13H,4-5H2,(H,14,16). The van der Waals surface area contributed by atoms with E-state index in [4.69, 9.17) is 11.6 Å². The van der Waals surface area contributed by atoms with Gasteiger partial charge >= 0.3 is 4.87 Å². The molecule has 0 atom stereocenters. The molecule has 100 valence electrons. The van der Waals surface area contributed by atoms with Crippen LogP contribution in [0.15, 0.2) is 28.4 Å². The second kappa shape index (κ2) is 5.96. The van der Waals surface area contributed by atoms with Gasteiger partial charge in [0.25, 0.3) is 5.69 Å². The molecule has 6 nitrogen and oxygen atoms in total. The summed E-state index contributed by atoms with van der Waals surface area (Å²) in [4.78, 5) is 23.7. The van der Waals surface area contributed by atoms with Crippen LogP contribution in [0.1, 0.15) is 11.3 Å². The van der Waals surface area contributed by atoms with Crippen LogP contribution >= 0.6 is 22.9 Å². The summed E-state index contributed by atoms with van der Waals surface area (Å²) in [6, 6.07) is 4.66. The van der Waals surface area contributed by atoms with Crippen LogP contribution < -0.4 is 10.2 Å². The number of aromatic nitrogens is 1. The van der Waals surface area contributed by atoms with Crippen molar-refractivity contribution in [2.75, 3.05) is 0 Å². The average Bonchev–Trinajstić information content (AvgIpc) is 2.77. The number of nitro benzene ring substituents is 1. The van der Waals surface area contributed by atoms with Gasteiger partial charge in [0, 0.05) is 30.2 Å². The van der Waals surface area contributed by atoms with Gasteiger partial charge in [0.2, 0.25) is 0 Å². The van der Waals surface area contributed by atoms with Gasteiger partial charge in [-0.3, -0.25) is 14.9 Å². The maximum Gasteiger partial charge on any atom is 0.304 e. The molecule has 0 fully saturated rings. The van der Waals surface area contributed by atoms with E-state index in [0.29, 0.717) is 13.1 Å². The predicted molar refractivity (Wildman–Crippen MR) is 73.6 cm³/mol. The van der Waals surface area contributed by atoms with Crippen molar-refractivity contribution >= 4 is 28.6 Å². The molecular weight excluding hydrogens is 290 g/mol. The van der Waals surface area contributed by atoms with Gasteiger partial charge < -0.3 is 10.3 Å². The molecule has 0 spiro atoms. The molecule has 1 aromatic carbocycles. The fourth-order valence-electron chi connectivity index (χ4n) is 1.55. The van der Waals surface area contributed by atoms with Crippen molar-refractivity contribution in [2.24, 2.45) is 0 Å². The smallest absolute Gasteiger partial charge is 0.304 e. The minimum Gasteiger partial charge on any atom is -0.315 e. The number of hydrogen-bond acceptors (Lipinski definition) is 5. The Morgan fingerprint density at radius 1 is 1.42 bits per heavy atom. The molecular formula is C11H10ClN3O3S. The van der Waals surface area contributed by atoms with Gasteiger partial charge in [0.15, 0.2) is 0 Å². The van der Waals surface area contributed by atoms with Crippen LogP contribution in [-0.4, -0.2) is 9.91 Å². The van der Waals surface area contributed by atoms with E-state index in [-0.39, 0.29) is 15.6 Å². The van der Waals surface area contributed by atoms with Gasteiger partial charge in [-0.1, -0.05) is 29.0 Å². The third-order valence-corrected chi connectivity index (χ3v) is 3.46. The molecule has 0 saturated carbocycles. The SMILES string of the molecule is O=c1[nH]c(CNCc2ccc(Cl)c([N+](=O)[O-])c2)cs1. The molecule has 2 N–H and O–H groups in total. The highest BCUT2D eigenvalue weighted by molar-refractivity contribution is 7.07. The lowest BCUT2D eigenvalue weighted by molar-refractivity contribution is -0.384. The summed E-state index contributed by atoms with van der Waals surface area (Å²) in [6.45, 7) is 0.949. The van der Waals surface area contributed by atoms with E-state index < -0.39 is 4.92 Å². The van der Waals surface area contributed by atoms with E-state index in [0.717, 1.165) is 22.6 Å². The van der Waals surface area contributed by atoms with Crippen LogP contribution in [0.4, 0.5) is 5.69 Å². The molecule has 0 radical (unpaired) electrons. The van der Waals surface area contributed by atoms with Crippen LogP contribution in [-0.2, 0) is 13.1 Å². The lowest BCUT2D eigenvalue weighted by Gasteiger charge is -2.04. The van der Waals surface area contributed by atoms with Crippen LogP contribution in [0.25, 0.3) is 0 Å². The largest absolute Gasteiger partial charge is 0.315 e. The maximum absolute atomic E-state index is 10.9. The Kier molecular flexibility index (Phi) is 4.31. The van der Waals surface area contributed by atoms with Gasteiger partial charge in [-0.05, 0) is 11.6 Å². The molecule has 2 aromatic rings. The Hall–Kier alpha value is -1.70. The van der Waals surface area contributed by atoms with Gasteiger partial charge in [-0.15, -0.1) is 0 Å². The summed E-state index contributed by atoms with van der Waals surface area (Å²) >= 11 is 6.82. The zero-order valence-electron chi connectivity index (χ0n) is 9.68. The summed E-state index contributed by atoms with van der Waals surface area (Å²) in [5, 5.41) is 15.7. The minimum absolute atomic E-state index is 0.0982. The van der Waals surface area contributed by atoms with Gasteiger partial charge in [0.1, 0.15) is 5.02 Å². The Balaban J connectivity index is 1.98. The number of aromatic amines is 1. The van der Waals surface area contributed by atoms with Crippen LogP contribution in [0.3, 0.4) is 0 Å². The summed E-state index contributed by atoms with van der Waals surface area (Å²) in [6.07, 6.45) is 0. The second-order valence-electron chi connectivity index (χ2n) is 3.82. The summed E-state index contributed by atoms with van der Waals surface area (Å²) in [5.74, 6) is 0. The van der Waals surface area contributed by atoms with Crippen molar-refractivity contribution in [1.82, 2.24) is 10.3 Å². The Morgan fingerprint density at radius 2 is 2.21 bits per heavy atom. The number of thiazole rings is 1. The third kappa shape index (κ3) is 3.63. The predicted octanol–water partition coefficient (Wildman–Crippen LogP) is 2.29. The van der Waals surface area contributed by atoms with Crippen molar-refractivity contribution in [3.05, 3.63) is 59.6 Å². The first-order valence-electron chi connectivity index (χ1n) is 5.36. The normalized spacial score (nSPS) is 10.6. The molecule has 0 aliphatic heterocycles. The second-order valence-corrected chi connectivity index (χ2v) is 5.07. The number of benzene rings is 1. The fourth-order valence-corrected chi connectivity index (χ4v) is 2.32. The van der Waals surface area contributed by atoms with E-state index in [2.05, 4.69) is 10.3 Å². The lowest BCUT2D eigenvalue weighted by Crippen LogP contribution is -2.13. The van der Waals surface area contributed by atoms with Crippen molar-refractivity contribution in [2.45, 2.75) is 13.1 Å². The first-order valence-corrected chi connectivity index (χ1v) is 6.62. The van der Waals surface area contributed by atoms with E-state index in [1.807, 2.05) is 0 Å². The monoisotopic (exact) mass is 299 g/mol. The first-order chi connectivity index (χ1) is 9.06. The molecule has 8 heteroatoms. The molecule has 0 aliphatic rings. The highest BCUT2D eigenvalue weighted by Gasteiger charge is 2.12. The summed E-state index contributed by atoms with van der Waals surface area (Å²) < 4.78 is 0. The zero-order valence-corrected chi connectivity index (χ0v) is 11.3. The number of hydrogen-bond donors (Lipinski definition) is 2. The lowest BCUT2D eigenvalue weighted by atomic mass is 10.2. The molecule has 19 heavy (non-hydrogen) atoms. The molecule has 1 aromatic heterocycles. The zero-order chi connectivity index (χ0) is 13.8. The van der Waals surface area contributed by atoms with E-state index in [1.54, 1.807) is 11.4 Å². The van der Waals surface area contributed by atoms with E-state index in [9.17, 15) is 14.9 Å². The van der Waals surface area contributed by atoms with Crippen molar-refractivity contribution in [3.8, 4) is 0 Å². The van der Waals surface area contributed by atoms with Crippen molar-refractivity contribution in [3.63, 3.8) is 0 Å². The van der Waals surface area contributed by atoms with E-state index >= 15 is 0 Å². The third-order valence-electron chi connectivity index (χ3n) is 2.42. The number of H-pyrrole nitrogens is 1.